The van der Waals surface area contributed by atoms with Gasteiger partial charge in [-0.15, -0.1) is 4.70 Å². The van der Waals surface area contributed by atoms with Crippen molar-refractivity contribution < 1.29 is 28.7 Å². The average Bonchev–Trinajstić information content (AvgIpc) is 3.62. The number of nitrogens with one attached hydrogen (secondary N) is 2. The first kappa shape index (κ1) is 34.1. The van der Waals surface area contributed by atoms with E-state index >= 15 is 0 Å². The first-order valence-electron chi connectivity index (χ1n) is 16.8. The maximum atomic E-state index is 10.3. The van der Waals surface area contributed by atoms with Gasteiger partial charge in [0.05, 0.1) is 24.4 Å². The first-order valence-corrected chi connectivity index (χ1v) is 16.8. The second kappa shape index (κ2) is 14.8. The van der Waals surface area contributed by atoms with E-state index in [0.717, 1.165) is 56.4 Å². The van der Waals surface area contributed by atoms with E-state index < -0.39 is 11.7 Å². The van der Waals surface area contributed by atoms with Crippen molar-refractivity contribution in [3.63, 3.8) is 0 Å². The Kier molecular flexibility index (Phi) is 10.3. The van der Waals surface area contributed by atoms with Gasteiger partial charge in [-0.25, -0.2) is 15.8 Å². The molecule has 0 spiro atoms. The van der Waals surface area contributed by atoms with Gasteiger partial charge in [-0.3, -0.25) is 4.90 Å². The Bertz CT molecular complexity index is 1680. The molecule has 2 saturated heterocycles. The number of aromatic nitrogens is 2. The summed E-state index contributed by atoms with van der Waals surface area (Å²) < 4.78 is 21.0. The number of hydrazone groups is 1. The summed E-state index contributed by atoms with van der Waals surface area (Å²) in [7, 11) is 0. The number of anilines is 1. The number of benzene rings is 1. The van der Waals surface area contributed by atoms with Crippen LogP contribution in [0.25, 0.3) is 11.1 Å². The van der Waals surface area contributed by atoms with Gasteiger partial charge >= 0.3 is 5.90 Å². The minimum atomic E-state index is -1.04. The first-order chi connectivity index (χ1) is 23.6. The molecule has 15 heteroatoms. The molecule has 1 aliphatic carbocycles. The van der Waals surface area contributed by atoms with Gasteiger partial charge in [0.2, 0.25) is 18.5 Å². The van der Waals surface area contributed by atoms with E-state index in [2.05, 4.69) is 31.5 Å². The van der Waals surface area contributed by atoms with Crippen molar-refractivity contribution in [1.82, 2.24) is 14.9 Å². The van der Waals surface area contributed by atoms with Crippen molar-refractivity contribution in [2.24, 2.45) is 16.2 Å². The second-order valence-corrected chi connectivity index (χ2v) is 13.6. The molecule has 4 heterocycles. The fourth-order valence-electron chi connectivity index (χ4n) is 6.88. The van der Waals surface area contributed by atoms with Gasteiger partial charge in [0.1, 0.15) is 31.1 Å². The fraction of sp³-hybridized carbons (Fsp3) is 0.529. The number of ether oxygens (including phenoxy) is 3. The molecule has 4 aliphatic rings. The maximum Gasteiger partial charge on any atom is 0.309 e. The quantitative estimate of drug-likeness (QED) is 0.0687. The summed E-state index contributed by atoms with van der Waals surface area (Å²) in [5.74, 6) is 6.41. The normalized spacial score (nSPS) is 23.4. The molecule has 15 nitrogen and oxygen atoms in total. The van der Waals surface area contributed by atoms with Crippen LogP contribution in [0, 0.1) is 16.7 Å². The van der Waals surface area contributed by atoms with E-state index in [0.29, 0.717) is 47.0 Å². The summed E-state index contributed by atoms with van der Waals surface area (Å²) in [6.07, 6.45) is 12.4. The van der Waals surface area contributed by atoms with Crippen LogP contribution in [0.2, 0.25) is 0 Å². The van der Waals surface area contributed by atoms with Crippen LogP contribution < -0.4 is 15.9 Å². The average molecular weight is 672 g/mol. The fourth-order valence-corrected chi connectivity index (χ4v) is 6.88. The van der Waals surface area contributed by atoms with Crippen LogP contribution >= 0.6 is 0 Å². The van der Waals surface area contributed by atoms with Crippen molar-refractivity contribution in [1.29, 1.82) is 10.7 Å². The second-order valence-electron chi connectivity index (χ2n) is 13.6. The van der Waals surface area contributed by atoms with Gasteiger partial charge in [0, 0.05) is 59.2 Å². The minimum absolute atomic E-state index is 0.0673. The van der Waals surface area contributed by atoms with Crippen molar-refractivity contribution in [3.8, 4) is 22.9 Å². The topological polar surface area (TPSA) is 193 Å². The Balaban J connectivity index is 1.16. The predicted octanol–water partition coefficient (Wildman–Crippen LogP) is 3.36. The molecule has 258 valence electrons. The van der Waals surface area contributed by atoms with Crippen LogP contribution in [0.5, 0.6) is 5.75 Å². The minimum Gasteiger partial charge on any atom is -0.486 e. The third-order valence-corrected chi connectivity index (χ3v) is 9.22. The van der Waals surface area contributed by atoms with Crippen LogP contribution in [-0.4, -0.2) is 104 Å². The number of nitriles is 1. The van der Waals surface area contributed by atoms with Crippen molar-refractivity contribution >= 4 is 23.9 Å². The monoisotopic (exact) mass is 671 g/mol. The van der Waals surface area contributed by atoms with E-state index in [4.69, 9.17) is 30.6 Å². The summed E-state index contributed by atoms with van der Waals surface area (Å²) in [6, 6.07) is 9.09. The molecule has 1 unspecified atom stereocenters. The van der Waals surface area contributed by atoms with Crippen LogP contribution in [-0.2, 0) is 9.47 Å². The molecular formula is C34H45N11O4+2. The molecule has 5 N–H and O–H groups in total. The zero-order valence-corrected chi connectivity index (χ0v) is 28.2. The molecule has 3 aliphatic heterocycles. The number of nitrogens with two attached hydrogens (primary N) is 1. The largest absolute Gasteiger partial charge is 0.486 e. The Morgan fingerprint density at radius 2 is 1.92 bits per heavy atom. The van der Waals surface area contributed by atoms with Gasteiger partial charge in [-0.2, -0.15) is 10.7 Å². The number of hydrogen-bond donors (Lipinski definition) is 4. The van der Waals surface area contributed by atoms with E-state index in [1.165, 1.54) is 23.3 Å². The molecule has 49 heavy (non-hydrogen) atoms. The van der Waals surface area contributed by atoms with Crippen molar-refractivity contribution in [2.75, 3.05) is 31.7 Å². The van der Waals surface area contributed by atoms with E-state index in [1.807, 2.05) is 17.0 Å². The molecule has 6 rings (SSSR count). The summed E-state index contributed by atoms with van der Waals surface area (Å²) >= 11 is 0. The zero-order valence-electron chi connectivity index (χ0n) is 28.2. The number of fused-ring (bicyclic) bond motifs is 2. The molecule has 2 aromatic rings. The van der Waals surface area contributed by atoms with Gasteiger partial charge in [-0.1, -0.05) is 10.8 Å². The molecule has 1 aromatic carbocycles. The molecule has 1 saturated carbocycles. The molecule has 0 amide bonds. The third-order valence-electron chi connectivity index (χ3n) is 9.22. The summed E-state index contributed by atoms with van der Waals surface area (Å²) in [5.41, 5.74) is 2.65. The molecule has 1 aromatic heterocycles. The van der Waals surface area contributed by atoms with Gasteiger partial charge < -0.3 is 24.6 Å². The number of aliphatic hydroxyl groups is 1. The Morgan fingerprint density at radius 3 is 2.55 bits per heavy atom. The van der Waals surface area contributed by atoms with Crippen LogP contribution in [0.15, 0.2) is 52.8 Å². The summed E-state index contributed by atoms with van der Waals surface area (Å²) in [6.45, 7) is 7.19. The van der Waals surface area contributed by atoms with Crippen molar-refractivity contribution in [3.05, 3.63) is 48.1 Å². The molecule has 0 radical (unpaired) electrons. The van der Waals surface area contributed by atoms with Crippen LogP contribution in [0.3, 0.4) is 0 Å². The number of nitrogens with zero attached hydrogens (tertiary/aromatic N) is 8. The lowest BCUT2D eigenvalue weighted by atomic mass is 9.91. The molecule has 3 atom stereocenters. The predicted molar refractivity (Wildman–Crippen MR) is 181 cm³/mol. The van der Waals surface area contributed by atoms with Gasteiger partial charge in [0.25, 0.3) is 0 Å². The van der Waals surface area contributed by atoms with Crippen molar-refractivity contribution in [2.45, 2.75) is 89.1 Å². The van der Waals surface area contributed by atoms with Gasteiger partial charge in [0.15, 0.2) is 11.4 Å². The van der Waals surface area contributed by atoms with E-state index in [-0.39, 0.29) is 13.2 Å². The molecule has 3 fully saturated rings. The summed E-state index contributed by atoms with van der Waals surface area (Å²) in [4.78, 5) is 11.8. The highest BCUT2D eigenvalue weighted by atomic mass is 16.5. The lowest BCUT2D eigenvalue weighted by Gasteiger charge is -2.41. The number of hydrogen-bond acceptors (Lipinski definition) is 12. The van der Waals surface area contributed by atoms with Crippen LogP contribution in [0.1, 0.15) is 64.9 Å². The highest BCUT2D eigenvalue weighted by molar-refractivity contribution is 5.97. The van der Waals surface area contributed by atoms with Crippen LogP contribution in [0.4, 0.5) is 5.95 Å². The van der Waals surface area contributed by atoms with E-state index in [9.17, 15) is 10.4 Å². The molecular weight excluding hydrogens is 626 g/mol. The Hall–Kier alpha value is -4.78. The Morgan fingerprint density at radius 1 is 1.20 bits per heavy atom. The smallest absolute Gasteiger partial charge is 0.309 e. The zero-order chi connectivity index (χ0) is 34.5. The lowest BCUT2D eigenvalue weighted by Crippen LogP contribution is -2.52. The van der Waals surface area contributed by atoms with Gasteiger partial charge in [-0.05, 0) is 64.2 Å². The summed E-state index contributed by atoms with van der Waals surface area (Å²) in [5, 5.41) is 38.9. The third kappa shape index (κ3) is 8.10. The standard InChI is InChI=1S/C34H44N11O4/c1-22(16-43(21-36)42-37)49-31-12-23(4-5-24(31)13-35)25-14-38-33(39-15-25)40-30-17-44(41-32(30)48-20-34(2,3)46)26-6-8-27(9-7-26)45-28-10-11-29(45)19-47-18-28/h4-5,12,14-15,17,21-22,27-29,36-37,46H,6-11,16,18-20H2,1-3H3,(H,38,39,40)/q+1/p+1/t22-,27?,28+,29?/m0/s1. The SMILES string of the molecule is C[C@@H](C[N+](C=N)=NN)Oc1cc(-c2cnc(NC3=C[N+](=C4CCC(N5C6CC[C@@H]5COC6)CC4)N=C3OCC(C)(C)O)nc2)ccc1C#N. The highest BCUT2D eigenvalue weighted by Gasteiger charge is 2.43. The van der Waals surface area contributed by atoms with E-state index in [1.54, 1.807) is 45.3 Å². The lowest BCUT2D eigenvalue weighted by molar-refractivity contribution is -0.485. The number of rotatable bonds is 11. The maximum absolute atomic E-state index is 10.3. The Labute approximate surface area is 285 Å². The highest BCUT2D eigenvalue weighted by Crippen LogP contribution is 2.35. The number of morpholine rings is 1. The molecule has 2 bridgehead atoms.